The van der Waals surface area contributed by atoms with Gasteiger partial charge in [0.25, 0.3) is 0 Å². The first kappa shape index (κ1) is 29.7. The van der Waals surface area contributed by atoms with Crippen molar-refractivity contribution in [3.8, 4) is 0 Å². The van der Waals surface area contributed by atoms with Gasteiger partial charge in [0.05, 0.1) is 12.2 Å². The van der Waals surface area contributed by atoms with Gasteiger partial charge in [-0.2, -0.15) is 0 Å². The average molecular weight is 537 g/mol. The Morgan fingerprint density at radius 2 is 1.68 bits per heavy atom. The van der Waals surface area contributed by atoms with Crippen LogP contribution in [-0.2, 0) is 23.4 Å². The molecule has 4 aliphatic rings. The molecule has 3 aliphatic carbocycles. The third-order valence-electron chi connectivity index (χ3n) is 11.4. The quantitative estimate of drug-likeness (QED) is 0.138. The van der Waals surface area contributed by atoms with E-state index in [2.05, 4.69) is 81.5 Å². The zero-order valence-electron chi connectivity index (χ0n) is 26.0. The van der Waals surface area contributed by atoms with E-state index in [0.29, 0.717) is 18.6 Å². The summed E-state index contributed by atoms with van der Waals surface area (Å²) in [7, 11) is -0.296. The lowest BCUT2D eigenvalue weighted by atomic mass is 9.42. The molecule has 0 radical (unpaired) electrons. The van der Waals surface area contributed by atoms with Gasteiger partial charge in [0.15, 0.2) is 14.1 Å². The Bertz CT molecular complexity index is 873. The van der Waals surface area contributed by atoms with Crippen molar-refractivity contribution in [3.63, 3.8) is 0 Å². The molecule has 5 nitrogen and oxygen atoms in total. The predicted molar refractivity (Wildman–Crippen MR) is 152 cm³/mol. The van der Waals surface area contributed by atoms with Crippen LogP contribution in [0.2, 0.25) is 18.1 Å². The number of allylic oxidation sites excluding steroid dienone is 2. The summed E-state index contributed by atoms with van der Waals surface area (Å²) in [4.78, 5) is 0. The summed E-state index contributed by atoms with van der Waals surface area (Å²) in [5, 5.41) is 0.168. The van der Waals surface area contributed by atoms with Gasteiger partial charge in [-0.1, -0.05) is 53.2 Å². The van der Waals surface area contributed by atoms with E-state index in [9.17, 15) is 0 Å². The van der Waals surface area contributed by atoms with Crippen LogP contribution in [0, 0.1) is 28.1 Å². The van der Waals surface area contributed by atoms with Crippen molar-refractivity contribution in [1.29, 1.82) is 0 Å². The second kappa shape index (κ2) is 9.69. The van der Waals surface area contributed by atoms with Gasteiger partial charge in [-0.3, -0.25) is 0 Å². The van der Waals surface area contributed by atoms with Crippen LogP contribution in [0.1, 0.15) is 94.4 Å². The highest BCUT2D eigenvalue weighted by Crippen LogP contribution is 2.72. The Kier molecular flexibility index (Phi) is 7.79. The highest BCUT2D eigenvalue weighted by Gasteiger charge is 2.72. The minimum atomic E-state index is -1.99. The van der Waals surface area contributed by atoms with Gasteiger partial charge in [0, 0.05) is 31.2 Å². The second-order valence-electron chi connectivity index (χ2n) is 15.3. The second-order valence-corrected chi connectivity index (χ2v) is 20.1. The van der Waals surface area contributed by atoms with Crippen molar-refractivity contribution in [2.45, 2.75) is 137 Å². The van der Waals surface area contributed by atoms with Gasteiger partial charge in [0.2, 0.25) is 0 Å². The van der Waals surface area contributed by atoms with Crippen LogP contribution in [0.15, 0.2) is 11.6 Å². The summed E-state index contributed by atoms with van der Waals surface area (Å²) < 4.78 is 32.0. The summed E-state index contributed by atoms with van der Waals surface area (Å²) in [5.74, 6) is 0.293. The molecule has 0 spiro atoms. The molecule has 4 rings (SSSR count). The summed E-state index contributed by atoms with van der Waals surface area (Å²) in [6.07, 6.45) is 8.53. The first-order valence-electron chi connectivity index (χ1n) is 14.7. The highest BCUT2D eigenvalue weighted by atomic mass is 28.4. The molecule has 214 valence electrons. The number of rotatable bonds is 8. The van der Waals surface area contributed by atoms with Crippen LogP contribution in [0.25, 0.3) is 0 Å². The summed E-state index contributed by atoms with van der Waals surface area (Å²) in [6, 6.07) is 0. The number of hydrogen-bond donors (Lipinski definition) is 0. The smallest absolute Gasteiger partial charge is 0.192 e. The maximum Gasteiger partial charge on any atom is 0.192 e. The number of ether oxygens (including phenoxy) is 4. The van der Waals surface area contributed by atoms with Crippen LogP contribution in [0.4, 0.5) is 0 Å². The van der Waals surface area contributed by atoms with Gasteiger partial charge >= 0.3 is 0 Å². The van der Waals surface area contributed by atoms with Crippen LogP contribution < -0.4 is 0 Å². The lowest BCUT2D eigenvalue weighted by Crippen LogP contribution is -2.72. The maximum atomic E-state index is 7.42. The molecule has 7 atom stereocenters. The third-order valence-corrected chi connectivity index (χ3v) is 15.9. The molecule has 0 bridgehead atoms. The SMILES string of the molecule is COCOCCC[C@@]12C=C(C)C(C)(C)[C@@H]1C[C@@H]1OC(C)(C)O[C@@H]3CC[C@H](O[Si](C)(C)C(C)(C)C)[C@H]2[C@@]13C. The van der Waals surface area contributed by atoms with Crippen molar-refractivity contribution in [2.24, 2.45) is 28.1 Å². The van der Waals surface area contributed by atoms with Gasteiger partial charge < -0.3 is 23.4 Å². The van der Waals surface area contributed by atoms with E-state index in [-0.39, 0.29) is 39.6 Å². The first-order valence-corrected chi connectivity index (χ1v) is 17.6. The van der Waals surface area contributed by atoms with Crippen LogP contribution >= 0.6 is 0 Å². The topological polar surface area (TPSA) is 46.2 Å². The molecule has 3 fully saturated rings. The Hall–Kier alpha value is -0.243. The van der Waals surface area contributed by atoms with E-state index >= 15 is 0 Å². The molecule has 1 saturated heterocycles. The van der Waals surface area contributed by atoms with E-state index in [0.717, 1.165) is 38.7 Å². The summed E-state index contributed by atoms with van der Waals surface area (Å²) in [5.41, 5.74) is 1.58. The molecular formula is C31H56O5Si. The van der Waals surface area contributed by atoms with Crippen molar-refractivity contribution >= 4 is 8.32 Å². The molecular weight excluding hydrogens is 480 g/mol. The third kappa shape index (κ3) is 4.84. The Balaban J connectivity index is 1.82. The van der Waals surface area contributed by atoms with Crippen LogP contribution in [0.5, 0.6) is 0 Å². The van der Waals surface area contributed by atoms with Crippen molar-refractivity contribution in [1.82, 2.24) is 0 Å². The Labute approximate surface area is 228 Å². The molecule has 1 heterocycles. The highest BCUT2D eigenvalue weighted by molar-refractivity contribution is 6.74. The van der Waals surface area contributed by atoms with Gasteiger partial charge in [0.1, 0.15) is 6.79 Å². The van der Waals surface area contributed by atoms with Crippen molar-refractivity contribution < 1.29 is 23.4 Å². The van der Waals surface area contributed by atoms with Gasteiger partial charge in [-0.05, 0) is 87.8 Å². The van der Waals surface area contributed by atoms with E-state index < -0.39 is 14.1 Å². The van der Waals surface area contributed by atoms with Crippen molar-refractivity contribution in [3.05, 3.63) is 11.6 Å². The molecule has 2 saturated carbocycles. The summed E-state index contributed by atoms with van der Waals surface area (Å²) in [6.45, 7) is 27.0. The summed E-state index contributed by atoms with van der Waals surface area (Å²) >= 11 is 0. The molecule has 0 N–H and O–H groups in total. The molecule has 0 unspecified atom stereocenters. The largest absolute Gasteiger partial charge is 0.414 e. The number of methoxy groups -OCH3 is 1. The molecule has 6 heteroatoms. The Morgan fingerprint density at radius 1 is 1.03 bits per heavy atom. The van der Waals surface area contributed by atoms with E-state index in [1.165, 1.54) is 5.57 Å². The molecule has 1 aliphatic heterocycles. The predicted octanol–water partition coefficient (Wildman–Crippen LogP) is 7.71. The molecule has 0 amide bonds. The number of fused-ring (bicyclic) bond motifs is 2. The van der Waals surface area contributed by atoms with Crippen molar-refractivity contribution in [2.75, 3.05) is 20.5 Å². The fraction of sp³-hybridized carbons (Fsp3) is 0.935. The molecule has 0 aromatic heterocycles. The van der Waals surface area contributed by atoms with Gasteiger partial charge in [-0.25, -0.2) is 0 Å². The number of hydrogen-bond acceptors (Lipinski definition) is 5. The van der Waals surface area contributed by atoms with Crippen LogP contribution in [0.3, 0.4) is 0 Å². The Morgan fingerprint density at radius 3 is 2.30 bits per heavy atom. The zero-order chi connectivity index (χ0) is 27.7. The van der Waals surface area contributed by atoms with E-state index in [1.807, 2.05) is 0 Å². The fourth-order valence-electron chi connectivity index (χ4n) is 8.43. The van der Waals surface area contributed by atoms with Gasteiger partial charge in [-0.15, -0.1) is 0 Å². The lowest BCUT2D eigenvalue weighted by molar-refractivity contribution is -0.389. The fourth-order valence-corrected chi connectivity index (χ4v) is 9.80. The average Bonchev–Trinajstić information content (AvgIpc) is 2.94. The molecule has 37 heavy (non-hydrogen) atoms. The van der Waals surface area contributed by atoms with E-state index in [1.54, 1.807) is 7.11 Å². The molecule has 0 aromatic rings. The van der Waals surface area contributed by atoms with Crippen LogP contribution in [-0.4, -0.2) is 52.9 Å². The zero-order valence-corrected chi connectivity index (χ0v) is 27.0. The van der Waals surface area contributed by atoms with E-state index in [4.69, 9.17) is 23.4 Å². The molecule has 0 aromatic carbocycles. The first-order chi connectivity index (χ1) is 16.9. The lowest BCUT2D eigenvalue weighted by Gasteiger charge is -2.69. The minimum Gasteiger partial charge on any atom is -0.414 e. The normalized spacial score (nSPS) is 40.6. The monoisotopic (exact) mass is 536 g/mol. The maximum absolute atomic E-state index is 7.42. The minimum absolute atomic E-state index is 0.0369. The standard InChI is InChI=1S/C31H56O5Si/c1-21-19-31(16-13-17-33-20-32-10)23(28(21,5)6)18-25-30(9)24(34-29(7,8)35-25)15-14-22(26(30)31)36-37(11,12)27(2,3)4/h19,22-26H,13-18,20H2,1-12H3/t22-,23-,24+,25-,26-,30+,31+/m0/s1.